The Morgan fingerprint density at radius 2 is 2.00 bits per heavy atom. The summed E-state index contributed by atoms with van der Waals surface area (Å²) in [5, 5.41) is -0.111. The zero-order chi connectivity index (χ0) is 18.2. The summed E-state index contributed by atoms with van der Waals surface area (Å²) in [5.74, 6) is -1.55. The topological polar surface area (TPSA) is 84.1 Å². The number of benzene rings is 1. The number of fused-ring (bicyclic) bond motifs is 2. The number of pyridine rings is 1. The fraction of sp³-hybridized carbons (Fsp3) is 0.412. The van der Waals surface area contributed by atoms with Crippen LogP contribution < -0.4 is 21.6 Å². The molecule has 9 heteroatoms. The van der Waals surface area contributed by atoms with E-state index in [1.54, 1.807) is 9.47 Å². The maximum atomic E-state index is 15.5. The molecular weight excluding hydrogens is 362 g/mol. The predicted molar refractivity (Wildman–Crippen MR) is 97.2 cm³/mol. The van der Waals surface area contributed by atoms with Crippen molar-refractivity contribution >= 4 is 38.3 Å². The van der Waals surface area contributed by atoms with Gasteiger partial charge in [0, 0.05) is 25.2 Å². The minimum absolute atomic E-state index is 0.0145. The second-order valence-electron chi connectivity index (χ2n) is 7.06. The molecule has 1 aromatic carbocycles. The number of nitrogens with one attached hydrogen (secondary N) is 1. The first-order valence-corrected chi connectivity index (χ1v) is 9.37. The summed E-state index contributed by atoms with van der Waals surface area (Å²) in [4.78, 5) is 26.8. The molecular formula is C17H16F2N4O2S. The van der Waals surface area contributed by atoms with Crippen molar-refractivity contribution in [2.75, 3.05) is 18.0 Å². The van der Waals surface area contributed by atoms with Crippen molar-refractivity contribution in [2.45, 2.75) is 31.3 Å². The third-order valence-electron chi connectivity index (χ3n) is 5.23. The molecule has 0 amide bonds. The standard InChI is InChI=1S/C17H16F2N4O2S/c18-10-5-9-13(12(19)14(10)22-4-3-7(20)6-22)23(8-1-2-8)17-11(15(9)24)16(25)21-26-17/h5,7-8H,1-4,6,20H2,(H,21,25). The number of hydrogen-bond acceptors (Lipinski definition) is 5. The van der Waals surface area contributed by atoms with Crippen molar-refractivity contribution < 1.29 is 8.78 Å². The van der Waals surface area contributed by atoms with Crippen LogP contribution in [0.3, 0.4) is 0 Å². The quantitative estimate of drug-likeness (QED) is 0.715. The minimum atomic E-state index is -0.797. The van der Waals surface area contributed by atoms with Crippen LogP contribution in [0, 0.1) is 11.6 Å². The molecule has 2 aliphatic rings. The Balaban J connectivity index is 1.92. The third kappa shape index (κ3) is 2.10. The van der Waals surface area contributed by atoms with Crippen LogP contribution in [-0.4, -0.2) is 28.1 Å². The second kappa shape index (κ2) is 5.37. The highest BCUT2D eigenvalue weighted by molar-refractivity contribution is 7.12. The van der Waals surface area contributed by atoms with Crippen LogP contribution in [0.25, 0.3) is 21.1 Å². The van der Waals surface area contributed by atoms with E-state index in [0.717, 1.165) is 30.4 Å². The number of nitrogens with two attached hydrogens (primary N) is 1. The smallest absolute Gasteiger partial charge is 0.271 e. The van der Waals surface area contributed by atoms with Crippen LogP contribution >= 0.6 is 11.5 Å². The average Bonchev–Trinajstić information content (AvgIpc) is 3.23. The van der Waals surface area contributed by atoms with Gasteiger partial charge in [-0.1, -0.05) is 0 Å². The average molecular weight is 378 g/mol. The molecule has 1 saturated heterocycles. The van der Waals surface area contributed by atoms with Gasteiger partial charge >= 0.3 is 0 Å². The lowest BCUT2D eigenvalue weighted by Crippen LogP contribution is -2.28. The van der Waals surface area contributed by atoms with E-state index >= 15 is 4.39 Å². The van der Waals surface area contributed by atoms with E-state index in [-0.39, 0.29) is 34.1 Å². The van der Waals surface area contributed by atoms with Gasteiger partial charge in [-0.05, 0) is 36.9 Å². The zero-order valence-corrected chi connectivity index (χ0v) is 14.5. The summed E-state index contributed by atoms with van der Waals surface area (Å²) in [6, 6.07) is 0.947. The van der Waals surface area contributed by atoms with Crippen molar-refractivity contribution in [3.05, 3.63) is 38.3 Å². The Hall–Kier alpha value is -2.26. The van der Waals surface area contributed by atoms with Gasteiger partial charge < -0.3 is 15.2 Å². The lowest BCUT2D eigenvalue weighted by Gasteiger charge is -2.22. The number of nitrogens with zero attached hydrogens (tertiary/aromatic N) is 2. The maximum Gasteiger partial charge on any atom is 0.271 e. The highest BCUT2D eigenvalue weighted by atomic mass is 32.1. The van der Waals surface area contributed by atoms with Gasteiger partial charge in [0.1, 0.15) is 21.7 Å². The summed E-state index contributed by atoms with van der Waals surface area (Å²) in [6.45, 7) is 0.834. The number of H-pyrrole nitrogens is 1. The molecule has 136 valence electrons. The van der Waals surface area contributed by atoms with Crippen LogP contribution in [0.5, 0.6) is 0 Å². The molecule has 1 unspecified atom stereocenters. The van der Waals surface area contributed by atoms with E-state index < -0.39 is 22.6 Å². The highest BCUT2D eigenvalue weighted by Gasteiger charge is 2.33. The Morgan fingerprint density at radius 3 is 2.65 bits per heavy atom. The van der Waals surface area contributed by atoms with Gasteiger partial charge in [-0.25, -0.2) is 8.78 Å². The third-order valence-corrected chi connectivity index (χ3v) is 6.12. The van der Waals surface area contributed by atoms with Crippen LogP contribution in [0.15, 0.2) is 15.7 Å². The van der Waals surface area contributed by atoms with Gasteiger partial charge in [0.2, 0.25) is 5.43 Å². The lowest BCUT2D eigenvalue weighted by molar-refractivity contribution is 0.579. The molecule has 3 heterocycles. The molecule has 26 heavy (non-hydrogen) atoms. The maximum absolute atomic E-state index is 15.5. The molecule has 2 aromatic heterocycles. The van der Waals surface area contributed by atoms with Gasteiger partial charge in [0.15, 0.2) is 5.82 Å². The van der Waals surface area contributed by atoms with E-state index in [9.17, 15) is 14.0 Å². The Kier molecular flexibility index (Phi) is 3.29. The number of aromatic amines is 1. The van der Waals surface area contributed by atoms with Gasteiger partial charge in [0.25, 0.3) is 5.56 Å². The van der Waals surface area contributed by atoms with Crippen molar-refractivity contribution in [3.8, 4) is 0 Å². The summed E-state index contributed by atoms with van der Waals surface area (Å²) in [7, 11) is 0. The molecule has 1 aliphatic heterocycles. The van der Waals surface area contributed by atoms with Crippen LogP contribution in [-0.2, 0) is 0 Å². The fourth-order valence-electron chi connectivity index (χ4n) is 3.87. The van der Waals surface area contributed by atoms with Crippen molar-refractivity contribution in [1.29, 1.82) is 0 Å². The molecule has 5 rings (SSSR count). The Labute approximate surface area is 150 Å². The molecule has 6 nitrogen and oxygen atoms in total. The van der Waals surface area contributed by atoms with Crippen LogP contribution in [0.4, 0.5) is 14.5 Å². The number of rotatable bonds is 2. The number of halogens is 2. The van der Waals surface area contributed by atoms with Crippen molar-refractivity contribution in [1.82, 2.24) is 8.94 Å². The van der Waals surface area contributed by atoms with E-state index in [4.69, 9.17) is 5.73 Å². The van der Waals surface area contributed by atoms with Crippen molar-refractivity contribution in [3.63, 3.8) is 0 Å². The molecule has 1 saturated carbocycles. The largest absolute Gasteiger partial charge is 0.365 e. The molecule has 3 aromatic rings. The molecule has 1 aliphatic carbocycles. The zero-order valence-electron chi connectivity index (χ0n) is 13.7. The molecule has 3 N–H and O–H groups in total. The summed E-state index contributed by atoms with van der Waals surface area (Å²) < 4.78 is 34.5. The fourth-order valence-corrected chi connectivity index (χ4v) is 4.79. The molecule has 0 bridgehead atoms. The Morgan fingerprint density at radius 1 is 1.23 bits per heavy atom. The van der Waals surface area contributed by atoms with Crippen molar-refractivity contribution in [2.24, 2.45) is 5.73 Å². The van der Waals surface area contributed by atoms with Gasteiger partial charge in [-0.15, -0.1) is 0 Å². The molecule has 0 spiro atoms. The summed E-state index contributed by atoms with van der Waals surface area (Å²) >= 11 is 1.02. The SMILES string of the molecule is NC1CCN(c2c(F)cc3c(=O)c4c(=O)[nH]sc4n(C4CC4)c3c2F)C1. The first-order chi connectivity index (χ1) is 12.5. The molecule has 1 atom stereocenters. The monoisotopic (exact) mass is 378 g/mol. The van der Waals surface area contributed by atoms with Crippen LogP contribution in [0.1, 0.15) is 25.3 Å². The van der Waals surface area contributed by atoms with E-state index in [0.29, 0.717) is 24.3 Å². The lowest BCUT2D eigenvalue weighted by atomic mass is 10.1. The van der Waals surface area contributed by atoms with E-state index in [1.807, 2.05) is 0 Å². The van der Waals surface area contributed by atoms with Gasteiger partial charge in [-0.3, -0.25) is 14.0 Å². The second-order valence-corrected chi connectivity index (χ2v) is 7.85. The summed E-state index contributed by atoms with van der Waals surface area (Å²) in [6.07, 6.45) is 2.32. The predicted octanol–water partition coefficient (Wildman–Crippen LogP) is 2.05. The minimum Gasteiger partial charge on any atom is -0.365 e. The summed E-state index contributed by atoms with van der Waals surface area (Å²) in [5.41, 5.74) is 4.69. The Bertz CT molecular complexity index is 1180. The van der Waals surface area contributed by atoms with Crippen LogP contribution in [0.2, 0.25) is 0 Å². The highest BCUT2D eigenvalue weighted by Crippen LogP contribution is 2.42. The number of anilines is 1. The number of hydrogen-bond donors (Lipinski definition) is 2. The first kappa shape index (κ1) is 16.0. The van der Waals surface area contributed by atoms with E-state index in [2.05, 4.69) is 4.37 Å². The van der Waals surface area contributed by atoms with E-state index in [1.165, 1.54) is 0 Å². The molecule has 0 radical (unpaired) electrons. The first-order valence-electron chi connectivity index (χ1n) is 8.55. The number of aromatic nitrogens is 2. The van der Waals surface area contributed by atoms with Gasteiger partial charge in [0.05, 0.1) is 10.9 Å². The normalized spacial score (nSPS) is 20.6. The van der Waals surface area contributed by atoms with Gasteiger partial charge in [-0.2, -0.15) is 0 Å². The molecule has 2 fully saturated rings.